The zero-order chi connectivity index (χ0) is 19.9. The molecule has 0 aliphatic heterocycles. The lowest BCUT2D eigenvalue weighted by atomic mass is 10.1. The molecule has 4 N–H and O–H groups in total. The van der Waals surface area contributed by atoms with Crippen LogP contribution in [0.1, 0.15) is 63.9 Å². The molecule has 0 aliphatic rings. The molecule has 0 aliphatic carbocycles. The van der Waals surface area contributed by atoms with Crippen molar-refractivity contribution in [1.29, 1.82) is 0 Å². The zero-order valence-electron chi connectivity index (χ0n) is 16.1. The van der Waals surface area contributed by atoms with Gasteiger partial charge in [0.05, 0.1) is 0 Å². The van der Waals surface area contributed by atoms with E-state index >= 15 is 0 Å². The fourth-order valence-corrected chi connectivity index (χ4v) is 2.70. The largest absolute Gasteiger partial charge is 0.356 e. The van der Waals surface area contributed by atoms with Crippen LogP contribution in [0.25, 0.3) is 0 Å². The van der Waals surface area contributed by atoms with Crippen molar-refractivity contribution in [2.45, 2.75) is 64.7 Å². The summed E-state index contributed by atoms with van der Waals surface area (Å²) in [5.41, 5.74) is 3.52. The first-order valence-electron chi connectivity index (χ1n) is 9.63. The Bertz CT molecular complexity index is 587. The Balaban J connectivity index is 2.17. The molecule has 1 rings (SSSR count). The normalized spacial score (nSPS) is 10.3. The van der Waals surface area contributed by atoms with Gasteiger partial charge in [-0.25, -0.2) is 5.48 Å². The smallest absolute Gasteiger partial charge is 0.243 e. The molecule has 1 aromatic carbocycles. The zero-order valence-corrected chi connectivity index (χ0v) is 16.1. The van der Waals surface area contributed by atoms with Gasteiger partial charge in [-0.1, -0.05) is 25.0 Å². The number of hydroxylamine groups is 1. The van der Waals surface area contributed by atoms with Crippen LogP contribution in [0, 0.1) is 0 Å². The minimum Gasteiger partial charge on any atom is -0.356 e. The number of benzene rings is 1. The van der Waals surface area contributed by atoms with Crippen LogP contribution < -0.4 is 16.1 Å². The van der Waals surface area contributed by atoms with Gasteiger partial charge in [0.15, 0.2) is 0 Å². The lowest BCUT2D eigenvalue weighted by Gasteiger charge is -2.07. The Morgan fingerprint density at radius 3 is 2.00 bits per heavy atom. The van der Waals surface area contributed by atoms with E-state index in [2.05, 4.69) is 10.6 Å². The van der Waals surface area contributed by atoms with Gasteiger partial charge in [-0.15, -0.1) is 0 Å². The van der Waals surface area contributed by atoms with E-state index in [1.165, 1.54) is 0 Å². The second-order valence-electron chi connectivity index (χ2n) is 6.50. The van der Waals surface area contributed by atoms with Crippen molar-refractivity contribution in [3.63, 3.8) is 0 Å². The van der Waals surface area contributed by atoms with E-state index in [9.17, 15) is 14.4 Å². The lowest BCUT2D eigenvalue weighted by Crippen LogP contribution is -2.22. The van der Waals surface area contributed by atoms with Crippen LogP contribution in [-0.4, -0.2) is 29.5 Å². The maximum absolute atomic E-state index is 11.9. The highest BCUT2D eigenvalue weighted by Crippen LogP contribution is 2.13. The van der Waals surface area contributed by atoms with Crippen LogP contribution in [0.5, 0.6) is 0 Å². The van der Waals surface area contributed by atoms with Crippen LogP contribution in [0.2, 0.25) is 0 Å². The van der Waals surface area contributed by atoms with Gasteiger partial charge in [-0.05, 0) is 50.3 Å². The second-order valence-corrected chi connectivity index (χ2v) is 6.50. The first-order chi connectivity index (χ1) is 13.0. The number of unbranched alkanes of at least 4 members (excludes halogenated alkanes) is 3. The molecule has 7 nitrogen and oxygen atoms in total. The Labute approximate surface area is 160 Å². The van der Waals surface area contributed by atoms with Crippen molar-refractivity contribution in [2.75, 3.05) is 11.9 Å². The average Bonchev–Trinajstić information content (AvgIpc) is 2.66. The standard InChI is InChI=1S/C20H31N3O4/c1-2-21-18(24)11-7-8-16-12-14-17(15-13-16)22-19(25)9-5-3-4-6-10-20(26)23-27/h12-15,27H,2-11H2,1H3,(H,21,24)(H,22,25)(H,23,26). The lowest BCUT2D eigenvalue weighted by molar-refractivity contribution is -0.129. The summed E-state index contributed by atoms with van der Waals surface area (Å²) < 4.78 is 0. The first-order valence-corrected chi connectivity index (χ1v) is 9.63. The second kappa shape index (κ2) is 13.7. The van der Waals surface area contributed by atoms with Crippen LogP contribution in [0.3, 0.4) is 0 Å². The van der Waals surface area contributed by atoms with E-state index in [0.29, 0.717) is 32.2 Å². The van der Waals surface area contributed by atoms with Gasteiger partial charge in [0.25, 0.3) is 0 Å². The summed E-state index contributed by atoms with van der Waals surface area (Å²) in [5, 5.41) is 14.0. The molecule has 7 heteroatoms. The number of aryl methyl sites for hydroxylation is 1. The predicted octanol–water partition coefficient (Wildman–Crippen LogP) is 2.93. The fourth-order valence-electron chi connectivity index (χ4n) is 2.70. The molecule has 0 spiro atoms. The number of hydrogen-bond donors (Lipinski definition) is 4. The summed E-state index contributed by atoms with van der Waals surface area (Å²) in [7, 11) is 0. The van der Waals surface area contributed by atoms with Gasteiger partial charge < -0.3 is 10.6 Å². The molecule has 0 aromatic heterocycles. The maximum atomic E-state index is 11.9. The summed E-state index contributed by atoms with van der Waals surface area (Å²) in [5.74, 6) is -0.314. The summed E-state index contributed by atoms with van der Waals surface area (Å²) >= 11 is 0. The quantitative estimate of drug-likeness (QED) is 0.241. The number of nitrogens with one attached hydrogen (secondary N) is 3. The number of carbonyl (C=O) groups is 3. The van der Waals surface area contributed by atoms with Gasteiger partial charge in [-0.2, -0.15) is 0 Å². The van der Waals surface area contributed by atoms with Crippen LogP contribution >= 0.6 is 0 Å². The number of rotatable bonds is 13. The van der Waals surface area contributed by atoms with Gasteiger partial charge in [0.2, 0.25) is 17.7 Å². The van der Waals surface area contributed by atoms with Crippen molar-refractivity contribution in [1.82, 2.24) is 10.8 Å². The van der Waals surface area contributed by atoms with Crippen LogP contribution in [0.15, 0.2) is 24.3 Å². The molecule has 3 amide bonds. The van der Waals surface area contributed by atoms with Crippen molar-refractivity contribution in [2.24, 2.45) is 0 Å². The number of amides is 3. The highest BCUT2D eigenvalue weighted by atomic mass is 16.5. The van der Waals surface area contributed by atoms with E-state index in [1.54, 1.807) is 5.48 Å². The van der Waals surface area contributed by atoms with E-state index in [1.807, 2.05) is 31.2 Å². The monoisotopic (exact) mass is 377 g/mol. The molecule has 0 atom stereocenters. The molecule has 150 valence electrons. The Morgan fingerprint density at radius 2 is 1.41 bits per heavy atom. The van der Waals surface area contributed by atoms with Crippen molar-refractivity contribution >= 4 is 23.4 Å². The third-order valence-electron chi connectivity index (χ3n) is 4.16. The van der Waals surface area contributed by atoms with Gasteiger partial charge in [0.1, 0.15) is 0 Å². The van der Waals surface area contributed by atoms with E-state index in [4.69, 9.17) is 5.21 Å². The molecule has 0 saturated carbocycles. The maximum Gasteiger partial charge on any atom is 0.243 e. The number of carbonyl (C=O) groups excluding carboxylic acids is 3. The molecule has 0 radical (unpaired) electrons. The molecule has 0 bridgehead atoms. The van der Waals surface area contributed by atoms with E-state index in [-0.39, 0.29) is 17.7 Å². The highest BCUT2D eigenvalue weighted by molar-refractivity contribution is 5.90. The molecule has 0 saturated heterocycles. The molecular formula is C20H31N3O4. The Morgan fingerprint density at radius 1 is 0.815 bits per heavy atom. The third kappa shape index (κ3) is 11.0. The molecule has 0 fully saturated rings. The Hall–Kier alpha value is -2.41. The summed E-state index contributed by atoms with van der Waals surface area (Å²) in [4.78, 5) is 34.2. The molecule has 0 heterocycles. The van der Waals surface area contributed by atoms with Crippen molar-refractivity contribution in [3.05, 3.63) is 29.8 Å². The van der Waals surface area contributed by atoms with E-state index in [0.717, 1.165) is 43.4 Å². The van der Waals surface area contributed by atoms with E-state index < -0.39 is 0 Å². The molecular weight excluding hydrogens is 346 g/mol. The first kappa shape index (κ1) is 22.6. The summed E-state index contributed by atoms with van der Waals surface area (Å²) in [6, 6.07) is 7.71. The van der Waals surface area contributed by atoms with Crippen LogP contribution in [0.4, 0.5) is 5.69 Å². The van der Waals surface area contributed by atoms with Gasteiger partial charge in [-0.3, -0.25) is 19.6 Å². The third-order valence-corrected chi connectivity index (χ3v) is 4.16. The average molecular weight is 377 g/mol. The highest BCUT2D eigenvalue weighted by Gasteiger charge is 2.04. The summed E-state index contributed by atoms with van der Waals surface area (Å²) in [6.07, 6.45) is 6.11. The summed E-state index contributed by atoms with van der Waals surface area (Å²) in [6.45, 7) is 2.57. The topological polar surface area (TPSA) is 108 Å². The Kier molecular flexibility index (Phi) is 11.5. The molecule has 1 aromatic rings. The molecule has 27 heavy (non-hydrogen) atoms. The SMILES string of the molecule is CCNC(=O)CCCc1ccc(NC(=O)CCCCCCC(=O)NO)cc1. The molecule has 0 unspecified atom stereocenters. The van der Waals surface area contributed by atoms with Crippen molar-refractivity contribution in [3.8, 4) is 0 Å². The van der Waals surface area contributed by atoms with Gasteiger partial charge >= 0.3 is 0 Å². The van der Waals surface area contributed by atoms with Crippen LogP contribution in [-0.2, 0) is 20.8 Å². The van der Waals surface area contributed by atoms with Gasteiger partial charge in [0, 0.05) is 31.5 Å². The minimum atomic E-state index is -0.375. The number of anilines is 1. The van der Waals surface area contributed by atoms with Crippen molar-refractivity contribution < 1.29 is 19.6 Å². The fraction of sp³-hybridized carbons (Fsp3) is 0.550. The predicted molar refractivity (Wildman–Crippen MR) is 104 cm³/mol. The number of hydrogen-bond acceptors (Lipinski definition) is 4. The minimum absolute atomic E-state index is 0.0212.